The quantitative estimate of drug-likeness (QED) is 0.611. The number of pyridine rings is 1. The predicted molar refractivity (Wildman–Crippen MR) is 74.2 cm³/mol. The van der Waals surface area contributed by atoms with Crippen molar-refractivity contribution in [1.29, 1.82) is 0 Å². The zero-order chi connectivity index (χ0) is 12.1. The van der Waals surface area contributed by atoms with E-state index in [1.807, 2.05) is 19.9 Å². The molecule has 0 aromatic carbocycles. The van der Waals surface area contributed by atoms with Crippen LogP contribution in [0.15, 0.2) is 17.1 Å². The fourth-order valence-electron chi connectivity index (χ4n) is 1.35. The van der Waals surface area contributed by atoms with Gasteiger partial charge in [-0.3, -0.25) is 4.79 Å². The van der Waals surface area contributed by atoms with Crippen LogP contribution in [-0.2, 0) is 0 Å². The number of nitrogens with zero attached hydrogens (tertiary/aromatic N) is 1. The number of hydrogen-bond donors (Lipinski definition) is 0. The van der Waals surface area contributed by atoms with Gasteiger partial charge in [0, 0.05) is 12.2 Å². The minimum absolute atomic E-state index is 0.0320. The highest BCUT2D eigenvalue weighted by atomic mass is 127. The van der Waals surface area contributed by atoms with Crippen LogP contribution >= 0.6 is 22.6 Å². The van der Waals surface area contributed by atoms with Crippen molar-refractivity contribution in [3.05, 3.63) is 26.2 Å². The highest BCUT2D eigenvalue weighted by Crippen LogP contribution is 2.17. The van der Waals surface area contributed by atoms with Crippen LogP contribution in [0.5, 0.6) is 5.75 Å². The number of ether oxygens (including phenoxy) is 1. The van der Waals surface area contributed by atoms with Gasteiger partial charge in [0.15, 0.2) is 0 Å². The third kappa shape index (κ3) is 3.23. The summed E-state index contributed by atoms with van der Waals surface area (Å²) < 4.78 is 7.96. The van der Waals surface area contributed by atoms with Gasteiger partial charge in [-0.2, -0.15) is 0 Å². The second-order valence-electron chi connectivity index (χ2n) is 4.00. The Bertz CT molecular complexity index is 398. The van der Waals surface area contributed by atoms with E-state index >= 15 is 0 Å². The van der Waals surface area contributed by atoms with Crippen LogP contribution < -0.4 is 10.3 Å². The monoisotopic (exact) mass is 335 g/mol. The van der Waals surface area contributed by atoms with Crippen molar-refractivity contribution in [3.63, 3.8) is 0 Å². The molecule has 0 amide bonds. The number of rotatable bonds is 5. The van der Waals surface area contributed by atoms with Gasteiger partial charge in [0.2, 0.25) is 0 Å². The molecule has 0 spiro atoms. The third-order valence-electron chi connectivity index (χ3n) is 2.34. The van der Waals surface area contributed by atoms with E-state index < -0.39 is 0 Å². The Morgan fingerprint density at radius 2 is 2.19 bits per heavy atom. The molecule has 0 saturated heterocycles. The topological polar surface area (TPSA) is 31.2 Å². The lowest BCUT2D eigenvalue weighted by Crippen LogP contribution is -2.24. The van der Waals surface area contributed by atoms with Crippen LogP contribution in [0.2, 0.25) is 0 Å². The van der Waals surface area contributed by atoms with Crippen LogP contribution in [0, 0.1) is 3.57 Å². The van der Waals surface area contributed by atoms with Gasteiger partial charge >= 0.3 is 0 Å². The van der Waals surface area contributed by atoms with Crippen molar-refractivity contribution in [2.45, 2.75) is 39.7 Å². The molecule has 0 aliphatic carbocycles. The van der Waals surface area contributed by atoms with E-state index in [1.165, 1.54) is 0 Å². The van der Waals surface area contributed by atoms with Gasteiger partial charge in [0.05, 0.1) is 6.61 Å². The standard InChI is InChI=1S/C12H18INO2/c1-4-5-8-16-10-6-7-14(9(2)3)12(15)11(10)13/h6-7,9H,4-5,8H2,1-3H3. The lowest BCUT2D eigenvalue weighted by molar-refractivity contribution is 0.305. The largest absolute Gasteiger partial charge is 0.492 e. The van der Waals surface area contributed by atoms with Gasteiger partial charge in [-0.1, -0.05) is 13.3 Å². The van der Waals surface area contributed by atoms with Gasteiger partial charge in [-0.05, 0) is 48.9 Å². The lowest BCUT2D eigenvalue weighted by Gasteiger charge is -2.13. The Hall–Kier alpha value is -0.520. The van der Waals surface area contributed by atoms with E-state index in [1.54, 1.807) is 10.8 Å². The molecule has 0 unspecified atom stereocenters. The molecule has 0 aliphatic rings. The maximum atomic E-state index is 11.9. The Labute approximate surface area is 110 Å². The summed E-state index contributed by atoms with van der Waals surface area (Å²) in [6.45, 7) is 6.78. The Balaban J connectivity index is 2.90. The SMILES string of the molecule is CCCCOc1ccn(C(C)C)c(=O)c1I. The van der Waals surface area contributed by atoms with Crippen molar-refractivity contribution in [2.24, 2.45) is 0 Å². The molecule has 0 aliphatic heterocycles. The first-order chi connectivity index (χ1) is 7.57. The molecule has 0 saturated carbocycles. The second-order valence-corrected chi connectivity index (χ2v) is 5.08. The van der Waals surface area contributed by atoms with Gasteiger partial charge in [0.25, 0.3) is 5.56 Å². The van der Waals surface area contributed by atoms with Crippen molar-refractivity contribution in [3.8, 4) is 5.75 Å². The van der Waals surface area contributed by atoms with E-state index in [0.717, 1.165) is 12.8 Å². The van der Waals surface area contributed by atoms with Crippen molar-refractivity contribution in [1.82, 2.24) is 4.57 Å². The average molecular weight is 335 g/mol. The molecule has 90 valence electrons. The molecule has 4 heteroatoms. The van der Waals surface area contributed by atoms with E-state index in [4.69, 9.17) is 4.74 Å². The molecule has 3 nitrogen and oxygen atoms in total. The molecular weight excluding hydrogens is 317 g/mol. The molecule has 1 rings (SSSR count). The van der Waals surface area contributed by atoms with E-state index in [0.29, 0.717) is 15.9 Å². The number of halogens is 1. The van der Waals surface area contributed by atoms with Gasteiger partial charge < -0.3 is 9.30 Å². The minimum atomic E-state index is 0.0320. The smallest absolute Gasteiger partial charge is 0.268 e. The molecule has 1 heterocycles. The zero-order valence-corrected chi connectivity index (χ0v) is 12.2. The molecule has 16 heavy (non-hydrogen) atoms. The van der Waals surface area contributed by atoms with Crippen molar-refractivity contribution >= 4 is 22.6 Å². The number of unbranched alkanes of at least 4 members (excludes halogenated alkanes) is 1. The summed E-state index contributed by atoms with van der Waals surface area (Å²) in [7, 11) is 0. The van der Waals surface area contributed by atoms with Gasteiger partial charge in [-0.15, -0.1) is 0 Å². The summed E-state index contributed by atoms with van der Waals surface area (Å²) in [5.74, 6) is 0.705. The molecule has 0 atom stereocenters. The summed E-state index contributed by atoms with van der Waals surface area (Å²) in [6.07, 6.45) is 3.92. The minimum Gasteiger partial charge on any atom is -0.492 e. The highest BCUT2D eigenvalue weighted by Gasteiger charge is 2.09. The first kappa shape index (κ1) is 13.5. The van der Waals surface area contributed by atoms with Crippen LogP contribution in [0.1, 0.15) is 39.7 Å². The Kier molecular flexibility index (Phi) is 5.31. The lowest BCUT2D eigenvalue weighted by atomic mass is 10.3. The molecule has 1 aromatic rings. The van der Waals surface area contributed by atoms with Gasteiger partial charge in [-0.25, -0.2) is 0 Å². The summed E-state index contributed by atoms with van der Waals surface area (Å²) in [5.41, 5.74) is 0.0320. The fourth-order valence-corrected chi connectivity index (χ4v) is 1.97. The molecule has 0 N–H and O–H groups in total. The maximum absolute atomic E-state index is 11.9. The Morgan fingerprint density at radius 1 is 1.50 bits per heavy atom. The predicted octanol–water partition coefficient (Wildman–Crippen LogP) is 3.21. The third-order valence-corrected chi connectivity index (χ3v) is 3.33. The van der Waals surface area contributed by atoms with Crippen molar-refractivity contribution in [2.75, 3.05) is 6.61 Å². The normalized spacial score (nSPS) is 10.8. The number of hydrogen-bond acceptors (Lipinski definition) is 2. The molecule has 0 fully saturated rings. The van der Waals surface area contributed by atoms with Crippen molar-refractivity contribution < 1.29 is 4.74 Å². The molecule has 0 bridgehead atoms. The summed E-state index contributed by atoms with van der Waals surface area (Å²) in [5, 5.41) is 0. The molecule has 0 radical (unpaired) electrons. The van der Waals surface area contributed by atoms with E-state index in [9.17, 15) is 4.79 Å². The summed E-state index contributed by atoms with van der Waals surface area (Å²) in [4.78, 5) is 11.9. The molecule has 1 aromatic heterocycles. The van der Waals surface area contributed by atoms with Gasteiger partial charge in [0.1, 0.15) is 9.32 Å². The van der Waals surface area contributed by atoms with E-state index in [2.05, 4.69) is 29.5 Å². The van der Waals surface area contributed by atoms with Crippen LogP contribution in [0.3, 0.4) is 0 Å². The first-order valence-electron chi connectivity index (χ1n) is 5.61. The average Bonchev–Trinajstić information content (AvgIpc) is 2.24. The number of aromatic nitrogens is 1. The summed E-state index contributed by atoms with van der Waals surface area (Å²) >= 11 is 2.06. The zero-order valence-electron chi connectivity index (χ0n) is 10.00. The fraction of sp³-hybridized carbons (Fsp3) is 0.583. The van der Waals surface area contributed by atoms with Crippen LogP contribution in [0.4, 0.5) is 0 Å². The summed E-state index contributed by atoms with van der Waals surface area (Å²) in [6, 6.07) is 2.06. The maximum Gasteiger partial charge on any atom is 0.268 e. The Morgan fingerprint density at radius 3 is 2.75 bits per heavy atom. The van der Waals surface area contributed by atoms with Crippen LogP contribution in [-0.4, -0.2) is 11.2 Å². The highest BCUT2D eigenvalue weighted by molar-refractivity contribution is 14.1. The van der Waals surface area contributed by atoms with E-state index in [-0.39, 0.29) is 11.6 Å². The molecular formula is C12H18INO2. The second kappa shape index (κ2) is 6.27. The first-order valence-corrected chi connectivity index (χ1v) is 6.69. The van der Waals surface area contributed by atoms with Crippen LogP contribution in [0.25, 0.3) is 0 Å².